The van der Waals surface area contributed by atoms with Crippen LogP contribution in [0.2, 0.25) is 0 Å². The first-order valence-corrected chi connectivity index (χ1v) is 8.49. The summed E-state index contributed by atoms with van der Waals surface area (Å²) in [6.07, 6.45) is 0. The molecule has 0 fully saturated rings. The number of aromatic nitrogens is 2. The standard InChI is InChI=1S/C14H14FN3O3S2/c1-3-21-11(19)7-22-14-18-17-13(23-14)16-12(20)9-5-4-8(2)10(15)6-9/h4-6H,3,7H2,1-2H3,(H,16,17,20). The molecule has 122 valence electrons. The SMILES string of the molecule is CCOC(=O)CSc1nnc(NC(=O)c2ccc(C)c(F)c2)s1. The highest BCUT2D eigenvalue weighted by atomic mass is 32.2. The number of anilines is 1. The zero-order chi connectivity index (χ0) is 16.8. The highest BCUT2D eigenvalue weighted by Crippen LogP contribution is 2.26. The fourth-order valence-corrected chi connectivity index (χ4v) is 3.09. The molecule has 1 aromatic carbocycles. The van der Waals surface area contributed by atoms with E-state index in [0.29, 0.717) is 16.5 Å². The minimum atomic E-state index is -0.470. The summed E-state index contributed by atoms with van der Waals surface area (Å²) >= 11 is 2.31. The summed E-state index contributed by atoms with van der Waals surface area (Å²) in [6.45, 7) is 3.67. The van der Waals surface area contributed by atoms with Crippen molar-refractivity contribution in [2.24, 2.45) is 0 Å². The number of hydrogen-bond donors (Lipinski definition) is 1. The highest BCUT2D eigenvalue weighted by molar-refractivity contribution is 8.01. The maximum absolute atomic E-state index is 13.5. The largest absolute Gasteiger partial charge is 0.465 e. The molecule has 0 bridgehead atoms. The lowest BCUT2D eigenvalue weighted by atomic mass is 10.1. The van der Waals surface area contributed by atoms with Crippen LogP contribution in [0.5, 0.6) is 0 Å². The number of thioether (sulfide) groups is 1. The quantitative estimate of drug-likeness (QED) is 0.487. The van der Waals surface area contributed by atoms with Gasteiger partial charge in [-0.1, -0.05) is 29.2 Å². The van der Waals surface area contributed by atoms with E-state index in [2.05, 4.69) is 15.5 Å². The molecule has 1 N–H and O–H groups in total. The van der Waals surface area contributed by atoms with Gasteiger partial charge in [-0.15, -0.1) is 10.2 Å². The maximum Gasteiger partial charge on any atom is 0.316 e. The summed E-state index contributed by atoms with van der Waals surface area (Å²) < 4.78 is 18.8. The summed E-state index contributed by atoms with van der Waals surface area (Å²) in [5.74, 6) is -1.13. The van der Waals surface area contributed by atoms with Crippen LogP contribution in [-0.4, -0.2) is 34.4 Å². The van der Waals surface area contributed by atoms with E-state index in [9.17, 15) is 14.0 Å². The maximum atomic E-state index is 13.5. The van der Waals surface area contributed by atoms with Crippen LogP contribution in [0.4, 0.5) is 9.52 Å². The third-order valence-corrected chi connectivity index (χ3v) is 4.63. The van der Waals surface area contributed by atoms with Gasteiger partial charge in [0.2, 0.25) is 5.13 Å². The van der Waals surface area contributed by atoms with Crippen molar-refractivity contribution in [2.75, 3.05) is 17.7 Å². The molecule has 1 heterocycles. The van der Waals surface area contributed by atoms with Crippen molar-refractivity contribution in [1.82, 2.24) is 10.2 Å². The number of benzene rings is 1. The van der Waals surface area contributed by atoms with Gasteiger partial charge in [-0.05, 0) is 31.5 Å². The first-order valence-electron chi connectivity index (χ1n) is 6.69. The molecule has 0 saturated carbocycles. The molecule has 1 aromatic heterocycles. The molecule has 0 aliphatic heterocycles. The Morgan fingerprint density at radius 3 is 2.87 bits per heavy atom. The third-order valence-electron chi connectivity index (χ3n) is 2.68. The van der Waals surface area contributed by atoms with Crippen LogP contribution in [0.1, 0.15) is 22.8 Å². The highest BCUT2D eigenvalue weighted by Gasteiger charge is 2.13. The number of amides is 1. The molecule has 0 atom stereocenters. The topological polar surface area (TPSA) is 81.2 Å². The number of aryl methyl sites for hydroxylation is 1. The summed E-state index contributed by atoms with van der Waals surface area (Å²) in [5, 5.41) is 10.5. The molecule has 0 aliphatic carbocycles. The molecule has 9 heteroatoms. The van der Waals surface area contributed by atoms with Gasteiger partial charge in [0.1, 0.15) is 5.82 Å². The lowest BCUT2D eigenvalue weighted by Gasteiger charge is -2.02. The average Bonchev–Trinajstić information content (AvgIpc) is 2.95. The van der Waals surface area contributed by atoms with Crippen LogP contribution in [0.25, 0.3) is 0 Å². The van der Waals surface area contributed by atoms with Crippen molar-refractivity contribution in [2.45, 2.75) is 18.2 Å². The Morgan fingerprint density at radius 1 is 1.39 bits per heavy atom. The number of halogens is 1. The van der Waals surface area contributed by atoms with Crippen molar-refractivity contribution in [3.05, 3.63) is 35.1 Å². The third kappa shape index (κ3) is 5.00. The van der Waals surface area contributed by atoms with Gasteiger partial charge in [-0.25, -0.2) is 4.39 Å². The van der Waals surface area contributed by atoms with Gasteiger partial charge in [0.25, 0.3) is 5.91 Å². The number of carbonyl (C=O) groups is 2. The monoisotopic (exact) mass is 355 g/mol. The Morgan fingerprint density at radius 2 is 2.17 bits per heavy atom. The Hall–Kier alpha value is -2.00. The van der Waals surface area contributed by atoms with E-state index >= 15 is 0 Å². The van der Waals surface area contributed by atoms with Crippen LogP contribution in [0.15, 0.2) is 22.5 Å². The molecule has 2 aromatic rings. The molecule has 0 aliphatic rings. The number of carbonyl (C=O) groups excluding carboxylic acids is 2. The van der Waals surface area contributed by atoms with Gasteiger partial charge >= 0.3 is 5.97 Å². The second-order valence-corrected chi connectivity index (χ2v) is 6.58. The van der Waals surface area contributed by atoms with E-state index in [1.165, 1.54) is 30.0 Å². The fraction of sp³-hybridized carbons (Fsp3) is 0.286. The number of nitrogens with zero attached hydrogens (tertiary/aromatic N) is 2. The molecular formula is C14H14FN3O3S2. The Labute approximate surface area is 140 Å². The van der Waals surface area contributed by atoms with E-state index in [1.54, 1.807) is 13.8 Å². The zero-order valence-corrected chi connectivity index (χ0v) is 14.1. The first kappa shape index (κ1) is 17.4. The minimum absolute atomic E-state index is 0.125. The van der Waals surface area contributed by atoms with Crippen LogP contribution in [0, 0.1) is 12.7 Å². The average molecular weight is 355 g/mol. The van der Waals surface area contributed by atoms with Gasteiger partial charge in [-0.3, -0.25) is 14.9 Å². The van der Waals surface area contributed by atoms with Crippen molar-refractivity contribution >= 4 is 40.1 Å². The molecule has 0 saturated heterocycles. The van der Waals surface area contributed by atoms with Gasteiger partial charge in [-0.2, -0.15) is 0 Å². The normalized spacial score (nSPS) is 10.4. The molecule has 2 rings (SSSR count). The van der Waals surface area contributed by atoms with Crippen LogP contribution in [0.3, 0.4) is 0 Å². The number of hydrogen-bond acceptors (Lipinski definition) is 7. The molecule has 0 unspecified atom stereocenters. The zero-order valence-electron chi connectivity index (χ0n) is 12.5. The van der Waals surface area contributed by atoms with Crippen molar-refractivity contribution in [3.8, 4) is 0 Å². The van der Waals surface area contributed by atoms with Crippen molar-refractivity contribution in [3.63, 3.8) is 0 Å². The van der Waals surface area contributed by atoms with Crippen LogP contribution in [-0.2, 0) is 9.53 Å². The Bertz CT molecular complexity index is 721. The smallest absolute Gasteiger partial charge is 0.316 e. The van der Waals surface area contributed by atoms with Gasteiger partial charge in [0, 0.05) is 5.56 Å². The lowest BCUT2D eigenvalue weighted by Crippen LogP contribution is -2.12. The molecule has 23 heavy (non-hydrogen) atoms. The van der Waals surface area contributed by atoms with E-state index in [1.807, 2.05) is 0 Å². The molecule has 0 radical (unpaired) electrons. The van der Waals surface area contributed by atoms with Gasteiger partial charge < -0.3 is 4.74 Å². The molecular weight excluding hydrogens is 341 g/mol. The number of rotatable bonds is 6. The van der Waals surface area contributed by atoms with Gasteiger partial charge in [0.15, 0.2) is 4.34 Å². The second-order valence-electron chi connectivity index (χ2n) is 4.38. The number of esters is 1. The van der Waals surface area contributed by atoms with Gasteiger partial charge in [0.05, 0.1) is 12.4 Å². The second kappa shape index (κ2) is 8.02. The van der Waals surface area contributed by atoms with E-state index in [-0.39, 0.29) is 22.4 Å². The summed E-state index contributed by atoms with van der Waals surface area (Å²) in [6, 6.07) is 4.23. The van der Waals surface area contributed by atoms with Crippen LogP contribution < -0.4 is 5.32 Å². The molecule has 0 spiro atoms. The summed E-state index contributed by atoms with van der Waals surface area (Å²) in [7, 11) is 0. The predicted molar refractivity (Wildman–Crippen MR) is 86.4 cm³/mol. The van der Waals surface area contributed by atoms with E-state index in [4.69, 9.17) is 4.74 Å². The molecule has 6 nitrogen and oxygen atoms in total. The van der Waals surface area contributed by atoms with Crippen molar-refractivity contribution in [1.29, 1.82) is 0 Å². The van der Waals surface area contributed by atoms with E-state index in [0.717, 1.165) is 11.3 Å². The lowest BCUT2D eigenvalue weighted by molar-refractivity contribution is -0.139. The Kier molecular flexibility index (Phi) is 6.05. The van der Waals surface area contributed by atoms with Crippen molar-refractivity contribution < 1.29 is 18.7 Å². The number of nitrogens with one attached hydrogen (secondary N) is 1. The minimum Gasteiger partial charge on any atom is -0.465 e. The van der Waals surface area contributed by atoms with E-state index < -0.39 is 11.7 Å². The fourth-order valence-electron chi connectivity index (χ4n) is 1.55. The summed E-state index contributed by atoms with van der Waals surface area (Å²) in [5.41, 5.74) is 0.666. The number of ether oxygens (including phenoxy) is 1. The Balaban J connectivity index is 1.94. The van der Waals surface area contributed by atoms with Crippen LogP contribution >= 0.6 is 23.1 Å². The molecule has 1 amide bonds. The predicted octanol–water partition coefficient (Wildman–Crippen LogP) is 2.89. The summed E-state index contributed by atoms with van der Waals surface area (Å²) in [4.78, 5) is 23.3. The first-order chi connectivity index (χ1) is 11.0.